The summed E-state index contributed by atoms with van der Waals surface area (Å²) in [5.41, 5.74) is 1.27. The summed E-state index contributed by atoms with van der Waals surface area (Å²) in [5, 5.41) is 7.63. The lowest BCUT2D eigenvalue weighted by Gasteiger charge is -2.13. The zero-order valence-electron chi connectivity index (χ0n) is 8.07. The molecule has 0 amide bonds. The fourth-order valence-electron chi connectivity index (χ4n) is 1.48. The molecule has 2 heterocycles. The summed E-state index contributed by atoms with van der Waals surface area (Å²) >= 11 is 1.71. The highest BCUT2D eigenvalue weighted by Gasteiger charge is 2.15. The van der Waals surface area contributed by atoms with Crippen LogP contribution in [-0.2, 0) is 0 Å². The molecule has 0 aliphatic carbocycles. The van der Waals surface area contributed by atoms with Crippen LogP contribution in [0, 0.1) is 0 Å². The van der Waals surface area contributed by atoms with Gasteiger partial charge in [0.25, 0.3) is 0 Å². The van der Waals surface area contributed by atoms with Crippen LogP contribution < -0.4 is 5.32 Å². The first-order valence-corrected chi connectivity index (χ1v) is 5.65. The molecule has 3 heteroatoms. The highest BCUT2D eigenvalue weighted by Crippen LogP contribution is 2.23. The lowest BCUT2D eigenvalue weighted by atomic mass is 10.1. The van der Waals surface area contributed by atoms with Crippen molar-refractivity contribution in [1.29, 1.82) is 0 Å². The molecule has 0 spiro atoms. The van der Waals surface area contributed by atoms with Crippen molar-refractivity contribution >= 4 is 11.3 Å². The van der Waals surface area contributed by atoms with Gasteiger partial charge < -0.3 is 9.73 Å². The second-order valence-electron chi connectivity index (χ2n) is 3.06. The first-order chi connectivity index (χ1) is 6.92. The monoisotopic (exact) mass is 207 g/mol. The van der Waals surface area contributed by atoms with Gasteiger partial charge in [-0.05, 0) is 41.1 Å². The van der Waals surface area contributed by atoms with Crippen LogP contribution in [0.1, 0.15) is 24.3 Å². The quantitative estimate of drug-likeness (QED) is 0.833. The first-order valence-electron chi connectivity index (χ1n) is 4.70. The van der Waals surface area contributed by atoms with Crippen molar-refractivity contribution in [3.63, 3.8) is 0 Å². The van der Waals surface area contributed by atoms with E-state index in [0.717, 1.165) is 12.3 Å². The summed E-state index contributed by atoms with van der Waals surface area (Å²) < 4.78 is 5.41. The number of thiophene rings is 1. The summed E-state index contributed by atoms with van der Waals surface area (Å²) in [7, 11) is 0. The third-order valence-corrected chi connectivity index (χ3v) is 2.81. The Bertz CT molecular complexity index is 318. The molecule has 0 aliphatic heterocycles. The van der Waals surface area contributed by atoms with Crippen LogP contribution in [0.25, 0.3) is 0 Å². The molecule has 1 unspecified atom stereocenters. The molecule has 0 aromatic carbocycles. The van der Waals surface area contributed by atoms with E-state index in [1.54, 1.807) is 17.6 Å². The van der Waals surface area contributed by atoms with Gasteiger partial charge in [-0.2, -0.15) is 11.3 Å². The van der Waals surface area contributed by atoms with Crippen LogP contribution in [0.4, 0.5) is 0 Å². The van der Waals surface area contributed by atoms with E-state index in [-0.39, 0.29) is 6.04 Å². The van der Waals surface area contributed by atoms with E-state index in [1.165, 1.54) is 5.56 Å². The van der Waals surface area contributed by atoms with Gasteiger partial charge >= 0.3 is 0 Å². The molecule has 0 radical (unpaired) electrons. The average Bonchev–Trinajstić information content (AvgIpc) is 2.87. The lowest BCUT2D eigenvalue weighted by Crippen LogP contribution is -2.20. The molecular formula is C11H13NOS. The largest absolute Gasteiger partial charge is 0.467 e. The van der Waals surface area contributed by atoms with Crippen molar-refractivity contribution in [2.45, 2.75) is 13.0 Å². The molecule has 2 aromatic rings. The van der Waals surface area contributed by atoms with Gasteiger partial charge in [-0.15, -0.1) is 0 Å². The lowest BCUT2D eigenvalue weighted by molar-refractivity contribution is 0.453. The Balaban J connectivity index is 2.25. The Labute approximate surface area is 87.6 Å². The number of nitrogens with one attached hydrogen (secondary N) is 1. The van der Waals surface area contributed by atoms with Gasteiger partial charge in [0.05, 0.1) is 12.3 Å². The first kappa shape index (κ1) is 9.49. The topological polar surface area (TPSA) is 25.2 Å². The molecular weight excluding hydrogens is 194 g/mol. The minimum absolute atomic E-state index is 0.196. The van der Waals surface area contributed by atoms with Crippen molar-refractivity contribution in [2.24, 2.45) is 0 Å². The Kier molecular flexibility index (Phi) is 3.01. The van der Waals surface area contributed by atoms with Crippen LogP contribution in [0.5, 0.6) is 0 Å². The minimum Gasteiger partial charge on any atom is -0.467 e. The number of rotatable bonds is 4. The molecule has 0 fully saturated rings. The van der Waals surface area contributed by atoms with E-state index >= 15 is 0 Å². The highest BCUT2D eigenvalue weighted by atomic mass is 32.1. The molecule has 2 aromatic heterocycles. The zero-order chi connectivity index (χ0) is 9.80. The van der Waals surface area contributed by atoms with Crippen molar-refractivity contribution in [2.75, 3.05) is 6.54 Å². The van der Waals surface area contributed by atoms with Crippen LogP contribution in [-0.4, -0.2) is 6.54 Å². The fraction of sp³-hybridized carbons (Fsp3) is 0.273. The zero-order valence-corrected chi connectivity index (χ0v) is 8.88. The van der Waals surface area contributed by atoms with Gasteiger partial charge in [-0.3, -0.25) is 0 Å². The molecule has 1 atom stereocenters. The SMILES string of the molecule is CCNC(c1ccsc1)c1ccco1. The van der Waals surface area contributed by atoms with Crippen LogP contribution in [0.15, 0.2) is 39.6 Å². The van der Waals surface area contributed by atoms with E-state index < -0.39 is 0 Å². The summed E-state index contributed by atoms with van der Waals surface area (Å²) in [4.78, 5) is 0. The Morgan fingerprint density at radius 3 is 3.00 bits per heavy atom. The molecule has 14 heavy (non-hydrogen) atoms. The van der Waals surface area contributed by atoms with E-state index in [0.29, 0.717) is 0 Å². The van der Waals surface area contributed by atoms with Crippen LogP contribution >= 0.6 is 11.3 Å². The fourth-order valence-corrected chi connectivity index (χ4v) is 2.17. The van der Waals surface area contributed by atoms with Gasteiger partial charge in [0, 0.05) is 0 Å². The molecule has 74 valence electrons. The van der Waals surface area contributed by atoms with Crippen LogP contribution in [0.3, 0.4) is 0 Å². The van der Waals surface area contributed by atoms with Crippen molar-refractivity contribution < 1.29 is 4.42 Å². The van der Waals surface area contributed by atoms with E-state index in [9.17, 15) is 0 Å². The average molecular weight is 207 g/mol. The molecule has 0 saturated heterocycles. The Hall–Kier alpha value is -1.06. The molecule has 1 N–H and O–H groups in total. The standard InChI is InChI=1S/C11H13NOS/c1-2-12-11(9-5-7-14-8-9)10-4-3-6-13-10/h3-8,11-12H,2H2,1H3. The normalized spacial score (nSPS) is 12.9. The van der Waals surface area contributed by atoms with Gasteiger partial charge in [-0.25, -0.2) is 0 Å². The smallest absolute Gasteiger partial charge is 0.125 e. The Morgan fingerprint density at radius 2 is 2.43 bits per heavy atom. The molecule has 2 nitrogen and oxygen atoms in total. The minimum atomic E-state index is 0.196. The summed E-state index contributed by atoms with van der Waals surface area (Å²) in [6.07, 6.45) is 1.71. The maximum atomic E-state index is 5.41. The van der Waals surface area contributed by atoms with Crippen LogP contribution in [0.2, 0.25) is 0 Å². The second kappa shape index (κ2) is 4.44. The predicted octanol–water partition coefficient (Wildman–Crippen LogP) is 3.04. The number of hydrogen-bond donors (Lipinski definition) is 1. The number of hydrogen-bond acceptors (Lipinski definition) is 3. The second-order valence-corrected chi connectivity index (χ2v) is 3.84. The Morgan fingerprint density at radius 1 is 1.50 bits per heavy atom. The third kappa shape index (κ3) is 1.89. The summed E-state index contributed by atoms with van der Waals surface area (Å²) in [6.45, 7) is 3.03. The van der Waals surface area contributed by atoms with Gasteiger partial charge in [0.2, 0.25) is 0 Å². The molecule has 0 aliphatic rings. The van der Waals surface area contributed by atoms with Crippen molar-refractivity contribution in [1.82, 2.24) is 5.32 Å². The van der Waals surface area contributed by atoms with E-state index in [4.69, 9.17) is 4.42 Å². The summed E-state index contributed by atoms with van der Waals surface area (Å²) in [5.74, 6) is 0.977. The molecule has 0 saturated carbocycles. The third-order valence-electron chi connectivity index (χ3n) is 2.11. The van der Waals surface area contributed by atoms with Gasteiger partial charge in [-0.1, -0.05) is 6.92 Å². The maximum absolute atomic E-state index is 5.41. The van der Waals surface area contributed by atoms with Gasteiger partial charge in [0.15, 0.2) is 0 Å². The molecule has 0 bridgehead atoms. The van der Waals surface area contributed by atoms with Gasteiger partial charge in [0.1, 0.15) is 5.76 Å². The molecule has 2 rings (SSSR count). The van der Waals surface area contributed by atoms with Crippen molar-refractivity contribution in [3.8, 4) is 0 Å². The predicted molar refractivity (Wildman–Crippen MR) is 58.5 cm³/mol. The van der Waals surface area contributed by atoms with E-state index in [2.05, 4.69) is 29.1 Å². The highest BCUT2D eigenvalue weighted by molar-refractivity contribution is 7.08. The maximum Gasteiger partial charge on any atom is 0.125 e. The summed E-state index contributed by atoms with van der Waals surface area (Å²) in [6, 6.07) is 6.25. The number of furan rings is 1. The van der Waals surface area contributed by atoms with E-state index in [1.807, 2.05) is 12.1 Å². The van der Waals surface area contributed by atoms with Crippen molar-refractivity contribution in [3.05, 3.63) is 46.5 Å².